The number of nitrogens with one attached hydrogen (secondary N) is 1. The van der Waals surface area contributed by atoms with E-state index < -0.39 is 38.5 Å². The van der Waals surface area contributed by atoms with E-state index in [0.29, 0.717) is 24.1 Å². The molecule has 2 fully saturated rings. The zero-order valence-corrected chi connectivity index (χ0v) is 21.4. The molecule has 1 aliphatic carbocycles. The number of aliphatic hydroxyl groups excluding tert-OH is 2. The third-order valence-electron chi connectivity index (χ3n) is 6.22. The predicted octanol–water partition coefficient (Wildman–Crippen LogP) is 1.80. The molecule has 1 saturated carbocycles. The van der Waals surface area contributed by atoms with E-state index in [1.807, 2.05) is 25.1 Å². The van der Waals surface area contributed by atoms with Gasteiger partial charge in [-0.05, 0) is 44.6 Å². The number of ether oxygens (including phenoxy) is 2. The van der Waals surface area contributed by atoms with E-state index >= 15 is 0 Å². The fourth-order valence-electron chi connectivity index (χ4n) is 4.37. The molecule has 0 spiro atoms. The molecular weight excluding hydrogens is 501 g/mol. The third kappa shape index (κ3) is 6.51. The fraction of sp³-hybridized carbons (Fsp3) is 0.714. The Morgan fingerprint density at radius 2 is 2.03 bits per heavy atom. The van der Waals surface area contributed by atoms with Gasteiger partial charge >= 0.3 is 7.60 Å². The summed E-state index contributed by atoms with van der Waals surface area (Å²) in [5.74, 6) is 0.617. The number of anilines is 1. The van der Waals surface area contributed by atoms with Crippen molar-refractivity contribution in [2.75, 3.05) is 45.5 Å². The Morgan fingerprint density at radius 1 is 1.29 bits per heavy atom. The molecular formula is C21H33ClN5O7P. The van der Waals surface area contributed by atoms with Gasteiger partial charge in [0.05, 0.1) is 18.6 Å². The summed E-state index contributed by atoms with van der Waals surface area (Å²) in [6.07, 6.45) is 1.14. The molecule has 2 aliphatic rings. The van der Waals surface area contributed by atoms with Gasteiger partial charge in [-0.3, -0.25) is 4.57 Å². The topological polar surface area (TPSA) is 151 Å². The zero-order valence-electron chi connectivity index (χ0n) is 19.8. The highest BCUT2D eigenvalue weighted by atomic mass is 35.5. The number of hydrogen-bond acceptors (Lipinski definition) is 10. The fourth-order valence-corrected chi connectivity index (χ4v) is 5.31. The van der Waals surface area contributed by atoms with Crippen LogP contribution in [0.2, 0.25) is 5.28 Å². The van der Waals surface area contributed by atoms with Crippen LogP contribution in [-0.2, 0) is 18.6 Å². The van der Waals surface area contributed by atoms with Crippen LogP contribution in [0.25, 0.3) is 11.0 Å². The molecule has 2 aromatic heterocycles. The van der Waals surface area contributed by atoms with Crippen LogP contribution in [0.15, 0.2) is 12.3 Å². The van der Waals surface area contributed by atoms with Crippen LogP contribution in [0.5, 0.6) is 0 Å². The van der Waals surface area contributed by atoms with Gasteiger partial charge in [0.2, 0.25) is 5.28 Å². The van der Waals surface area contributed by atoms with Crippen molar-refractivity contribution < 1.29 is 33.7 Å². The third-order valence-corrected chi connectivity index (χ3v) is 7.48. The van der Waals surface area contributed by atoms with Gasteiger partial charge < -0.3 is 43.9 Å². The highest BCUT2D eigenvalue weighted by molar-refractivity contribution is 7.52. The molecule has 0 radical (unpaired) electrons. The highest BCUT2D eigenvalue weighted by Gasteiger charge is 2.44. The Labute approximate surface area is 208 Å². The van der Waals surface area contributed by atoms with E-state index in [4.69, 9.17) is 25.6 Å². The van der Waals surface area contributed by atoms with Crippen LogP contribution in [0, 0.1) is 0 Å². The first kappa shape index (κ1) is 26.7. The summed E-state index contributed by atoms with van der Waals surface area (Å²) in [5.41, 5.74) is 0.456. The molecule has 5 atom stereocenters. The lowest BCUT2D eigenvalue weighted by molar-refractivity contribution is -0.0613. The molecule has 196 valence electrons. The van der Waals surface area contributed by atoms with E-state index in [1.165, 1.54) is 0 Å². The molecule has 12 nitrogen and oxygen atoms in total. The molecule has 0 bridgehead atoms. The molecule has 4 rings (SSSR count). The number of hydrogen-bond donors (Lipinski definition) is 4. The Bertz CT molecular complexity index is 1050. The standard InChI is InChI=1S/C21H33ClN5O7P/c1-26(2)9-10-33-35(30,31)12-32-11-15-16(28)17(29)20(34-15)27-8-7-14-18(23-13-5-3-4-6-13)24-21(22)25-19(14)27/h7-8,13,15-17,20,28-29H,3-6,9-12H2,1-2H3,(H,30,31)(H,23,24,25)/t15-,16-,17-,20-/m1/s1. The minimum Gasteiger partial charge on any atom is -0.387 e. The molecule has 0 amide bonds. The second-order valence-electron chi connectivity index (χ2n) is 9.25. The van der Waals surface area contributed by atoms with E-state index in [0.717, 1.165) is 31.1 Å². The van der Waals surface area contributed by atoms with Crippen molar-refractivity contribution in [3.63, 3.8) is 0 Å². The highest BCUT2D eigenvalue weighted by Crippen LogP contribution is 2.42. The van der Waals surface area contributed by atoms with Crippen molar-refractivity contribution in [3.05, 3.63) is 17.5 Å². The minimum absolute atomic E-state index is 0.0545. The van der Waals surface area contributed by atoms with Crippen LogP contribution >= 0.6 is 19.2 Å². The number of likely N-dealkylation sites (N-methyl/N-ethyl adjacent to an activating group) is 1. The molecule has 35 heavy (non-hydrogen) atoms. The van der Waals surface area contributed by atoms with Gasteiger partial charge in [-0.1, -0.05) is 12.8 Å². The van der Waals surface area contributed by atoms with E-state index in [-0.39, 0.29) is 18.5 Å². The number of nitrogens with zero attached hydrogens (tertiary/aromatic N) is 4. The number of aliphatic hydroxyl groups is 2. The van der Waals surface area contributed by atoms with Crippen molar-refractivity contribution >= 4 is 36.0 Å². The zero-order chi connectivity index (χ0) is 25.2. The first-order valence-corrected chi connectivity index (χ1v) is 13.8. The van der Waals surface area contributed by atoms with Gasteiger partial charge in [-0.2, -0.15) is 4.98 Å². The first-order valence-electron chi connectivity index (χ1n) is 11.7. The molecule has 2 aromatic rings. The molecule has 1 aliphatic heterocycles. The minimum atomic E-state index is -3.95. The monoisotopic (exact) mass is 533 g/mol. The van der Waals surface area contributed by atoms with Crippen LogP contribution in [-0.4, -0.2) is 99.1 Å². The van der Waals surface area contributed by atoms with Crippen molar-refractivity contribution in [1.29, 1.82) is 0 Å². The van der Waals surface area contributed by atoms with Crippen LogP contribution in [0.4, 0.5) is 5.82 Å². The van der Waals surface area contributed by atoms with E-state index in [9.17, 15) is 19.7 Å². The van der Waals surface area contributed by atoms with Gasteiger partial charge in [-0.25, -0.2) is 4.98 Å². The molecule has 3 heterocycles. The lowest BCUT2D eigenvalue weighted by Crippen LogP contribution is -2.34. The predicted molar refractivity (Wildman–Crippen MR) is 129 cm³/mol. The van der Waals surface area contributed by atoms with E-state index in [1.54, 1.807) is 10.8 Å². The average molecular weight is 534 g/mol. The van der Waals surface area contributed by atoms with Crippen molar-refractivity contribution in [3.8, 4) is 0 Å². The smallest absolute Gasteiger partial charge is 0.353 e. The number of aromatic nitrogens is 3. The number of fused-ring (bicyclic) bond motifs is 1. The van der Waals surface area contributed by atoms with Gasteiger partial charge in [0, 0.05) is 18.8 Å². The normalized spacial score (nSPS) is 27.2. The summed E-state index contributed by atoms with van der Waals surface area (Å²) in [7, 11) is -0.307. The first-order chi connectivity index (χ1) is 16.6. The number of halogens is 1. The lowest BCUT2D eigenvalue weighted by Gasteiger charge is -2.18. The van der Waals surface area contributed by atoms with Crippen LogP contribution in [0.3, 0.4) is 0 Å². The van der Waals surface area contributed by atoms with Gasteiger partial charge in [0.25, 0.3) is 0 Å². The van der Waals surface area contributed by atoms with Crippen LogP contribution < -0.4 is 5.32 Å². The quantitative estimate of drug-likeness (QED) is 0.247. The maximum Gasteiger partial charge on any atom is 0.353 e. The summed E-state index contributed by atoms with van der Waals surface area (Å²) in [6.45, 7) is 0.356. The second-order valence-corrected chi connectivity index (χ2v) is 11.4. The van der Waals surface area contributed by atoms with Crippen molar-refractivity contribution in [2.45, 2.75) is 56.3 Å². The molecule has 1 saturated heterocycles. The SMILES string of the molecule is CN(C)CCOP(=O)(O)COC[C@H]1O[C@@H](n2ccc3c(NC4CCCC4)nc(Cl)nc32)[C@H](O)[C@@H]1O. The summed E-state index contributed by atoms with van der Waals surface area (Å²) < 4.78 is 29.9. The summed E-state index contributed by atoms with van der Waals surface area (Å²) in [5, 5.41) is 25.4. The van der Waals surface area contributed by atoms with E-state index in [2.05, 4.69) is 15.3 Å². The summed E-state index contributed by atoms with van der Waals surface area (Å²) in [4.78, 5) is 20.4. The largest absolute Gasteiger partial charge is 0.387 e. The van der Waals surface area contributed by atoms with Crippen molar-refractivity contribution in [1.82, 2.24) is 19.4 Å². The average Bonchev–Trinajstić information content (AvgIpc) is 3.50. The molecule has 1 unspecified atom stereocenters. The molecule has 14 heteroatoms. The summed E-state index contributed by atoms with van der Waals surface area (Å²) in [6, 6.07) is 2.13. The maximum atomic E-state index is 12.1. The number of rotatable bonds is 11. The van der Waals surface area contributed by atoms with Crippen molar-refractivity contribution in [2.24, 2.45) is 0 Å². The van der Waals surface area contributed by atoms with Gasteiger partial charge in [-0.15, -0.1) is 0 Å². The van der Waals surface area contributed by atoms with Gasteiger partial charge in [0.15, 0.2) is 6.23 Å². The Balaban J connectivity index is 1.41. The van der Waals surface area contributed by atoms with Gasteiger partial charge in [0.1, 0.15) is 36.1 Å². The molecule has 4 N–H and O–H groups in total. The Hall–Kier alpha value is -1.34. The molecule has 0 aromatic carbocycles. The Kier molecular flexibility index (Phi) is 8.68. The maximum absolute atomic E-state index is 12.1. The van der Waals surface area contributed by atoms with Crippen LogP contribution in [0.1, 0.15) is 31.9 Å². The second kappa shape index (κ2) is 11.4. The summed E-state index contributed by atoms with van der Waals surface area (Å²) >= 11 is 6.19. The lowest BCUT2D eigenvalue weighted by atomic mass is 10.1. The Morgan fingerprint density at radius 3 is 2.74 bits per heavy atom.